The molecule has 162 valence electrons. The van der Waals surface area contributed by atoms with E-state index in [-0.39, 0.29) is 24.0 Å². The van der Waals surface area contributed by atoms with Gasteiger partial charge in [-0.05, 0) is 73.5 Å². The third-order valence-corrected chi connectivity index (χ3v) is 8.54. The molecule has 2 aromatic rings. The van der Waals surface area contributed by atoms with Crippen LogP contribution in [0, 0.1) is 11.6 Å². The first-order valence-corrected chi connectivity index (χ1v) is 12.0. The number of rotatable bonds is 6. The highest BCUT2D eigenvalue weighted by atomic mass is 35.5. The Morgan fingerprint density at radius 1 is 1.17 bits per heavy atom. The van der Waals surface area contributed by atoms with Gasteiger partial charge in [0.1, 0.15) is 12.4 Å². The molecule has 2 aliphatic rings. The zero-order valence-electron chi connectivity index (χ0n) is 17.0. The minimum atomic E-state index is -1.61. The molecular formula is C23H26ClF2NO2S. The monoisotopic (exact) mass is 453 g/mol. The first-order chi connectivity index (χ1) is 14.5. The third kappa shape index (κ3) is 3.72. The summed E-state index contributed by atoms with van der Waals surface area (Å²) in [6.45, 7) is 4.00. The van der Waals surface area contributed by atoms with Crippen LogP contribution < -0.4 is 4.74 Å². The van der Waals surface area contributed by atoms with E-state index in [2.05, 4.69) is 11.8 Å². The Kier molecular flexibility index (Phi) is 6.58. The van der Waals surface area contributed by atoms with E-state index in [1.54, 1.807) is 24.3 Å². The Morgan fingerprint density at radius 3 is 2.63 bits per heavy atom. The van der Waals surface area contributed by atoms with Gasteiger partial charge < -0.3 is 9.29 Å². The Bertz CT molecular complexity index is 898. The topological polar surface area (TPSA) is 35.5 Å². The number of ether oxygens (including phenoxy) is 1. The van der Waals surface area contributed by atoms with Crippen molar-refractivity contribution in [2.45, 2.75) is 54.7 Å². The van der Waals surface area contributed by atoms with Crippen LogP contribution in [-0.2, 0) is 15.9 Å². The van der Waals surface area contributed by atoms with Gasteiger partial charge in [0.15, 0.2) is 21.2 Å². The van der Waals surface area contributed by atoms with Gasteiger partial charge in [-0.3, -0.25) is 4.90 Å². The predicted molar refractivity (Wildman–Crippen MR) is 116 cm³/mol. The number of hydrogen-bond donors (Lipinski definition) is 0. The van der Waals surface area contributed by atoms with E-state index in [0.717, 1.165) is 50.9 Å². The highest BCUT2D eigenvalue weighted by Crippen LogP contribution is 2.53. The summed E-state index contributed by atoms with van der Waals surface area (Å²) in [5, 5.41) is 0.541. The van der Waals surface area contributed by atoms with Crippen LogP contribution in [0.1, 0.15) is 44.6 Å². The van der Waals surface area contributed by atoms with Gasteiger partial charge in [0.05, 0.1) is 11.6 Å². The van der Waals surface area contributed by atoms with Crippen LogP contribution in [0.25, 0.3) is 0 Å². The second kappa shape index (κ2) is 9.03. The van der Waals surface area contributed by atoms with E-state index in [9.17, 15) is 8.94 Å². The standard InChI is InChI=1S/C23H26ClF2NO2S/c1-2-3-4-13-27-14-5-12-23(30(28)17-8-6-16(24)7-9-17)20(27)15-29-22-19(26)11-10-18(25)21(22)23/h6-11,20H,2-5,12-15H2,1H3/t20-,23+,30?/m0/s1. The van der Waals surface area contributed by atoms with Gasteiger partial charge in [0.2, 0.25) is 0 Å². The van der Waals surface area contributed by atoms with E-state index in [1.165, 1.54) is 0 Å². The van der Waals surface area contributed by atoms with Crippen LogP contribution in [0.3, 0.4) is 0 Å². The molecule has 0 aliphatic carbocycles. The molecule has 2 heterocycles. The highest BCUT2D eigenvalue weighted by Gasteiger charge is 2.60. The zero-order valence-corrected chi connectivity index (χ0v) is 18.6. The second-order valence-electron chi connectivity index (χ2n) is 8.02. The maximum Gasteiger partial charge on any atom is 0.181 e. The molecule has 1 saturated heterocycles. The van der Waals surface area contributed by atoms with E-state index in [1.807, 2.05) is 0 Å². The molecule has 0 saturated carbocycles. The van der Waals surface area contributed by atoms with Gasteiger partial charge in [0, 0.05) is 11.4 Å². The van der Waals surface area contributed by atoms with Gasteiger partial charge in [-0.25, -0.2) is 8.78 Å². The number of nitrogens with zero attached hydrogens (tertiary/aromatic N) is 1. The maximum absolute atomic E-state index is 15.2. The van der Waals surface area contributed by atoms with Crippen molar-refractivity contribution in [1.29, 1.82) is 0 Å². The van der Waals surface area contributed by atoms with Gasteiger partial charge >= 0.3 is 0 Å². The van der Waals surface area contributed by atoms with Crippen molar-refractivity contribution < 1.29 is 18.1 Å². The number of unbranched alkanes of at least 4 members (excludes halogenated alkanes) is 2. The molecule has 4 rings (SSSR count). The second-order valence-corrected chi connectivity index (χ2v) is 10.2. The lowest BCUT2D eigenvalue weighted by Gasteiger charge is -2.51. The minimum Gasteiger partial charge on any atom is -0.611 e. The lowest BCUT2D eigenvalue weighted by molar-refractivity contribution is 0.0428. The van der Waals surface area contributed by atoms with Gasteiger partial charge in [-0.2, -0.15) is 0 Å². The summed E-state index contributed by atoms with van der Waals surface area (Å²) in [4.78, 5) is 2.83. The largest absolute Gasteiger partial charge is 0.611 e. The van der Waals surface area contributed by atoms with E-state index in [0.29, 0.717) is 16.3 Å². The van der Waals surface area contributed by atoms with Crippen molar-refractivity contribution in [3.63, 3.8) is 0 Å². The van der Waals surface area contributed by atoms with Gasteiger partial charge in [0.25, 0.3) is 0 Å². The highest BCUT2D eigenvalue weighted by molar-refractivity contribution is 7.92. The molecule has 0 amide bonds. The molecule has 2 aromatic carbocycles. The Morgan fingerprint density at radius 2 is 1.90 bits per heavy atom. The van der Waals surface area contributed by atoms with Crippen molar-refractivity contribution in [3.05, 3.63) is 58.6 Å². The van der Waals surface area contributed by atoms with Gasteiger partial charge in [-0.15, -0.1) is 0 Å². The van der Waals surface area contributed by atoms with Crippen LogP contribution in [0.2, 0.25) is 5.02 Å². The summed E-state index contributed by atoms with van der Waals surface area (Å²) in [5.41, 5.74) is 0.118. The molecule has 30 heavy (non-hydrogen) atoms. The first kappa shape index (κ1) is 21.9. The fourth-order valence-electron chi connectivity index (χ4n) is 4.83. The lowest BCUT2D eigenvalue weighted by Crippen LogP contribution is -2.63. The zero-order chi connectivity index (χ0) is 21.3. The van der Waals surface area contributed by atoms with Crippen LogP contribution in [0.15, 0.2) is 41.3 Å². The van der Waals surface area contributed by atoms with E-state index in [4.69, 9.17) is 16.3 Å². The molecule has 3 atom stereocenters. The Labute approximate surface area is 184 Å². The fourth-order valence-corrected chi connectivity index (χ4v) is 6.93. The molecule has 0 aromatic heterocycles. The molecule has 0 N–H and O–H groups in total. The summed E-state index contributed by atoms with van der Waals surface area (Å²) < 4.78 is 48.6. The Balaban J connectivity index is 1.84. The SMILES string of the molecule is CCCCCN1CCC[C@]2([S+]([O-])c3ccc(Cl)cc3)c3c(F)ccc(F)c3OC[C@H]12. The lowest BCUT2D eigenvalue weighted by atomic mass is 9.80. The molecule has 2 aliphatic heterocycles. The van der Waals surface area contributed by atoms with Crippen molar-refractivity contribution >= 4 is 22.8 Å². The quantitative estimate of drug-likeness (QED) is 0.417. The normalized spacial score (nSPS) is 24.6. The average Bonchev–Trinajstić information content (AvgIpc) is 2.76. The van der Waals surface area contributed by atoms with Gasteiger partial charge in [-0.1, -0.05) is 31.4 Å². The van der Waals surface area contributed by atoms with E-state index >= 15 is 4.39 Å². The maximum atomic E-state index is 15.2. The molecule has 3 nitrogen and oxygen atoms in total. The number of benzene rings is 2. The number of hydrogen-bond acceptors (Lipinski definition) is 3. The number of piperidine rings is 1. The van der Waals surface area contributed by atoms with Crippen molar-refractivity contribution in [2.75, 3.05) is 19.7 Å². The Hall–Kier alpha value is -1.34. The van der Waals surface area contributed by atoms with E-state index < -0.39 is 27.6 Å². The summed E-state index contributed by atoms with van der Waals surface area (Å²) in [7, 11) is 0. The molecule has 1 unspecified atom stereocenters. The molecule has 7 heteroatoms. The van der Waals surface area contributed by atoms with Crippen LogP contribution in [0.4, 0.5) is 8.78 Å². The number of likely N-dealkylation sites (tertiary alicyclic amines) is 1. The van der Waals surface area contributed by atoms with Crippen LogP contribution >= 0.6 is 11.6 Å². The van der Waals surface area contributed by atoms with Crippen molar-refractivity contribution in [3.8, 4) is 5.75 Å². The average molecular weight is 454 g/mol. The molecular weight excluding hydrogens is 428 g/mol. The summed E-state index contributed by atoms with van der Waals surface area (Å²) in [6, 6.07) is 8.71. The minimum absolute atomic E-state index is 0.0935. The first-order valence-electron chi connectivity index (χ1n) is 10.5. The third-order valence-electron chi connectivity index (χ3n) is 6.25. The summed E-state index contributed by atoms with van der Waals surface area (Å²) in [6.07, 6.45) is 4.47. The van der Waals surface area contributed by atoms with Crippen LogP contribution in [-0.4, -0.2) is 35.2 Å². The summed E-state index contributed by atoms with van der Waals surface area (Å²) >= 11 is 4.41. The van der Waals surface area contributed by atoms with Crippen LogP contribution in [0.5, 0.6) is 5.75 Å². The molecule has 0 radical (unpaired) electrons. The smallest absolute Gasteiger partial charge is 0.181 e. The molecule has 0 bridgehead atoms. The van der Waals surface area contributed by atoms with Crippen molar-refractivity contribution in [1.82, 2.24) is 4.90 Å². The molecule has 1 fully saturated rings. The molecule has 0 spiro atoms. The summed E-state index contributed by atoms with van der Waals surface area (Å²) in [5.74, 6) is -1.27. The predicted octanol–water partition coefficient (Wildman–Crippen LogP) is 5.67. The number of fused-ring (bicyclic) bond motifs is 3. The number of halogens is 3. The van der Waals surface area contributed by atoms with Crippen molar-refractivity contribution in [2.24, 2.45) is 0 Å². The fraction of sp³-hybridized carbons (Fsp3) is 0.478.